The van der Waals surface area contributed by atoms with E-state index in [9.17, 15) is 9.59 Å². The topological polar surface area (TPSA) is 79.2 Å². The second-order valence-electron chi connectivity index (χ2n) is 5.51. The van der Waals surface area contributed by atoms with Gasteiger partial charge in [-0.05, 0) is 30.9 Å². The van der Waals surface area contributed by atoms with E-state index in [1.165, 1.54) is 0 Å². The Bertz CT molecular complexity index is 677. The molecule has 5 nitrogen and oxygen atoms in total. The number of fused-ring (bicyclic) bond motifs is 1. The van der Waals surface area contributed by atoms with E-state index in [4.69, 9.17) is 5.73 Å². The zero-order valence-electron chi connectivity index (χ0n) is 11.8. The molecule has 5 heteroatoms. The van der Waals surface area contributed by atoms with Crippen LogP contribution >= 0.6 is 0 Å². The number of aryl methyl sites for hydroxylation is 1. The molecule has 3 N–H and O–H groups in total. The molecule has 1 fully saturated rings. The summed E-state index contributed by atoms with van der Waals surface area (Å²) in [6, 6.07) is 7.62. The first-order valence-electron chi connectivity index (χ1n) is 7.30. The van der Waals surface area contributed by atoms with Gasteiger partial charge >= 0.3 is 0 Å². The van der Waals surface area contributed by atoms with E-state index >= 15 is 0 Å². The molecule has 110 valence electrons. The van der Waals surface area contributed by atoms with Crippen molar-refractivity contribution in [2.75, 3.05) is 6.54 Å². The number of para-hydroxylation sites is 1. The number of likely N-dealkylation sites (tertiary alicyclic amines) is 1. The summed E-state index contributed by atoms with van der Waals surface area (Å²) in [5, 5.41) is 1.15. The first-order valence-corrected chi connectivity index (χ1v) is 7.30. The zero-order valence-corrected chi connectivity index (χ0v) is 11.8. The Labute approximate surface area is 123 Å². The highest BCUT2D eigenvalue weighted by atomic mass is 16.2. The van der Waals surface area contributed by atoms with Crippen molar-refractivity contribution >= 4 is 22.7 Å². The Kier molecular flexibility index (Phi) is 3.64. The number of rotatable bonds is 4. The molecule has 2 amide bonds. The van der Waals surface area contributed by atoms with Crippen LogP contribution in [0.25, 0.3) is 10.9 Å². The number of hydrogen-bond acceptors (Lipinski definition) is 2. The molecular weight excluding hydrogens is 266 g/mol. The summed E-state index contributed by atoms with van der Waals surface area (Å²) in [5.74, 6) is -0.380. The van der Waals surface area contributed by atoms with E-state index in [1.807, 2.05) is 30.5 Å². The fraction of sp³-hybridized carbons (Fsp3) is 0.375. The number of aromatic amines is 1. The van der Waals surface area contributed by atoms with Crippen LogP contribution in [0.4, 0.5) is 0 Å². The Hall–Kier alpha value is -2.30. The molecule has 3 rings (SSSR count). The summed E-state index contributed by atoms with van der Waals surface area (Å²) in [6.07, 6.45) is 4.57. The monoisotopic (exact) mass is 285 g/mol. The van der Waals surface area contributed by atoms with Gasteiger partial charge in [-0.3, -0.25) is 9.59 Å². The van der Waals surface area contributed by atoms with E-state index in [-0.39, 0.29) is 5.91 Å². The van der Waals surface area contributed by atoms with Crippen LogP contribution in [-0.2, 0) is 16.0 Å². The lowest BCUT2D eigenvalue weighted by Crippen LogP contribution is -2.43. The third kappa shape index (κ3) is 2.63. The van der Waals surface area contributed by atoms with E-state index in [0.29, 0.717) is 25.8 Å². The zero-order chi connectivity index (χ0) is 14.8. The predicted octanol–water partition coefficient (Wildman–Crippen LogP) is 1.58. The minimum atomic E-state index is -0.416. The van der Waals surface area contributed by atoms with Gasteiger partial charge in [-0.2, -0.15) is 0 Å². The first-order chi connectivity index (χ1) is 10.2. The van der Waals surface area contributed by atoms with Crippen LogP contribution in [0.3, 0.4) is 0 Å². The highest BCUT2D eigenvalue weighted by Gasteiger charge is 2.32. The summed E-state index contributed by atoms with van der Waals surface area (Å²) < 4.78 is 0. The van der Waals surface area contributed by atoms with E-state index in [2.05, 4.69) is 4.98 Å². The van der Waals surface area contributed by atoms with Crippen molar-refractivity contribution in [3.05, 3.63) is 36.0 Å². The molecule has 1 saturated heterocycles. The maximum Gasteiger partial charge on any atom is 0.240 e. The molecule has 0 spiro atoms. The minimum absolute atomic E-state index is 0.0154. The Morgan fingerprint density at radius 3 is 2.95 bits per heavy atom. The lowest BCUT2D eigenvalue weighted by atomic mass is 10.1. The second-order valence-corrected chi connectivity index (χ2v) is 5.51. The van der Waals surface area contributed by atoms with Gasteiger partial charge in [0, 0.05) is 30.1 Å². The summed E-state index contributed by atoms with van der Waals surface area (Å²) >= 11 is 0. The molecule has 2 heterocycles. The Balaban J connectivity index is 1.67. The Morgan fingerprint density at radius 2 is 2.14 bits per heavy atom. The van der Waals surface area contributed by atoms with Crippen LogP contribution in [0, 0.1) is 0 Å². The highest BCUT2D eigenvalue weighted by molar-refractivity contribution is 5.88. The van der Waals surface area contributed by atoms with Crippen molar-refractivity contribution in [2.45, 2.75) is 31.7 Å². The van der Waals surface area contributed by atoms with E-state index in [1.54, 1.807) is 4.90 Å². The molecule has 1 aliphatic heterocycles. The van der Waals surface area contributed by atoms with Gasteiger partial charge in [-0.1, -0.05) is 18.2 Å². The van der Waals surface area contributed by atoms with E-state index in [0.717, 1.165) is 22.9 Å². The maximum atomic E-state index is 12.3. The number of nitrogens with zero attached hydrogens (tertiary/aromatic N) is 1. The van der Waals surface area contributed by atoms with Crippen molar-refractivity contribution in [3.63, 3.8) is 0 Å². The number of H-pyrrole nitrogens is 1. The molecule has 1 atom stereocenters. The highest BCUT2D eigenvalue weighted by Crippen LogP contribution is 2.21. The average Bonchev–Trinajstić information content (AvgIpc) is 3.12. The van der Waals surface area contributed by atoms with Gasteiger partial charge in [0.05, 0.1) is 0 Å². The molecule has 0 aliphatic carbocycles. The molecule has 1 aromatic heterocycles. The maximum absolute atomic E-state index is 12.3. The minimum Gasteiger partial charge on any atom is -0.368 e. The van der Waals surface area contributed by atoms with Crippen molar-refractivity contribution in [1.29, 1.82) is 0 Å². The number of carbonyl (C=O) groups excluding carboxylic acids is 2. The Morgan fingerprint density at radius 1 is 1.33 bits per heavy atom. The molecule has 0 saturated carbocycles. The van der Waals surface area contributed by atoms with Gasteiger partial charge in [0.15, 0.2) is 0 Å². The number of primary amides is 1. The van der Waals surface area contributed by atoms with Crippen LogP contribution in [0.1, 0.15) is 24.8 Å². The first kappa shape index (κ1) is 13.7. The van der Waals surface area contributed by atoms with Gasteiger partial charge < -0.3 is 15.6 Å². The second kappa shape index (κ2) is 5.60. The number of nitrogens with one attached hydrogen (secondary N) is 1. The third-order valence-corrected chi connectivity index (χ3v) is 4.18. The molecule has 21 heavy (non-hydrogen) atoms. The average molecular weight is 285 g/mol. The molecule has 0 bridgehead atoms. The number of amides is 2. The van der Waals surface area contributed by atoms with Gasteiger partial charge in [0.2, 0.25) is 11.8 Å². The van der Waals surface area contributed by atoms with Gasteiger partial charge in [0.25, 0.3) is 0 Å². The number of carbonyl (C=O) groups is 2. The molecular formula is C16H19N3O2. The van der Waals surface area contributed by atoms with Crippen LogP contribution in [0.5, 0.6) is 0 Å². The van der Waals surface area contributed by atoms with Gasteiger partial charge in [0.1, 0.15) is 6.04 Å². The lowest BCUT2D eigenvalue weighted by molar-refractivity contribution is -0.137. The number of benzene rings is 1. The summed E-state index contributed by atoms with van der Waals surface area (Å²) in [6.45, 7) is 0.639. The molecule has 1 aliphatic rings. The quantitative estimate of drug-likeness (QED) is 0.894. The van der Waals surface area contributed by atoms with Crippen LogP contribution in [0.2, 0.25) is 0 Å². The SMILES string of the molecule is NC(=O)[C@@H]1CCCN1C(=O)CCc1c[nH]c2ccccc12. The molecule has 0 radical (unpaired) electrons. The van der Waals surface area contributed by atoms with Crippen molar-refractivity contribution in [1.82, 2.24) is 9.88 Å². The summed E-state index contributed by atoms with van der Waals surface area (Å²) in [5.41, 5.74) is 7.57. The largest absolute Gasteiger partial charge is 0.368 e. The summed E-state index contributed by atoms with van der Waals surface area (Å²) in [7, 11) is 0. The number of hydrogen-bond donors (Lipinski definition) is 2. The normalized spacial score (nSPS) is 18.3. The smallest absolute Gasteiger partial charge is 0.240 e. The third-order valence-electron chi connectivity index (χ3n) is 4.18. The molecule has 0 unspecified atom stereocenters. The fourth-order valence-electron chi connectivity index (χ4n) is 3.08. The standard InChI is InChI=1S/C16H19N3O2/c17-16(21)14-6-3-9-19(14)15(20)8-7-11-10-18-13-5-2-1-4-12(11)13/h1-2,4-5,10,14,18H,3,6-9H2,(H2,17,21)/t14-/m0/s1. The predicted molar refractivity (Wildman–Crippen MR) is 80.5 cm³/mol. The van der Waals surface area contributed by atoms with Crippen LogP contribution in [0.15, 0.2) is 30.5 Å². The van der Waals surface area contributed by atoms with Gasteiger partial charge in [-0.15, -0.1) is 0 Å². The summed E-state index contributed by atoms with van der Waals surface area (Å²) in [4.78, 5) is 28.5. The van der Waals surface area contributed by atoms with Crippen LogP contribution < -0.4 is 5.73 Å². The molecule has 2 aromatic rings. The number of aromatic nitrogens is 1. The van der Waals surface area contributed by atoms with Crippen molar-refractivity contribution < 1.29 is 9.59 Å². The van der Waals surface area contributed by atoms with Crippen molar-refractivity contribution in [2.24, 2.45) is 5.73 Å². The van der Waals surface area contributed by atoms with E-state index < -0.39 is 11.9 Å². The van der Waals surface area contributed by atoms with Crippen LogP contribution in [-0.4, -0.2) is 34.3 Å². The van der Waals surface area contributed by atoms with Gasteiger partial charge in [-0.25, -0.2) is 0 Å². The van der Waals surface area contributed by atoms with Crippen molar-refractivity contribution in [3.8, 4) is 0 Å². The fourth-order valence-corrected chi connectivity index (χ4v) is 3.08. The number of nitrogens with two attached hydrogens (primary N) is 1. The lowest BCUT2D eigenvalue weighted by Gasteiger charge is -2.22. The molecule has 1 aromatic carbocycles.